The van der Waals surface area contributed by atoms with E-state index in [0.717, 1.165) is 0 Å². The number of nitrogens with one attached hydrogen (secondary N) is 4. The van der Waals surface area contributed by atoms with Crippen molar-refractivity contribution in [3.05, 3.63) is 34.9 Å². The lowest BCUT2D eigenvalue weighted by Crippen LogP contribution is -2.38. The van der Waals surface area contributed by atoms with Crippen LogP contribution in [0.15, 0.2) is 18.2 Å². The van der Waals surface area contributed by atoms with E-state index in [1.807, 2.05) is 0 Å². The minimum absolute atomic E-state index is 0.149. The highest BCUT2D eigenvalue weighted by atomic mass is 16.6. The molecule has 0 fully saturated rings. The summed E-state index contributed by atoms with van der Waals surface area (Å²) in [6.45, 7) is 11.1. The summed E-state index contributed by atoms with van der Waals surface area (Å²) in [7, 11) is 0. The van der Waals surface area contributed by atoms with Crippen molar-refractivity contribution < 1.29 is 28.7 Å². The van der Waals surface area contributed by atoms with Crippen molar-refractivity contribution in [2.24, 2.45) is 0 Å². The lowest BCUT2D eigenvalue weighted by molar-refractivity contribution is 0.0516. The minimum atomic E-state index is -0.619. The van der Waals surface area contributed by atoms with Gasteiger partial charge < -0.3 is 30.7 Å². The first-order valence-corrected chi connectivity index (χ1v) is 10.8. The third-order valence-corrected chi connectivity index (χ3v) is 3.78. The van der Waals surface area contributed by atoms with Crippen molar-refractivity contribution in [2.75, 3.05) is 26.2 Å². The van der Waals surface area contributed by atoms with Crippen molar-refractivity contribution >= 4 is 24.0 Å². The van der Waals surface area contributed by atoms with Gasteiger partial charge in [-0.25, -0.2) is 9.59 Å². The molecule has 10 nitrogen and oxygen atoms in total. The highest BCUT2D eigenvalue weighted by molar-refractivity contribution is 6.00. The Kier molecular flexibility index (Phi) is 10.4. The first-order chi connectivity index (χ1) is 15.7. The van der Waals surface area contributed by atoms with Gasteiger partial charge in [-0.2, -0.15) is 0 Å². The molecule has 0 saturated carbocycles. The molecule has 1 aromatic carbocycles. The van der Waals surface area contributed by atoms with E-state index in [1.54, 1.807) is 41.5 Å². The fourth-order valence-corrected chi connectivity index (χ4v) is 2.49. The van der Waals surface area contributed by atoms with Gasteiger partial charge in [-0.05, 0) is 59.7 Å². The zero-order valence-electron chi connectivity index (χ0n) is 20.6. The first kappa shape index (κ1) is 28.3. The molecule has 1 rings (SSSR count). The Morgan fingerprint density at radius 1 is 0.706 bits per heavy atom. The lowest BCUT2D eigenvalue weighted by atomic mass is 10.0. The summed E-state index contributed by atoms with van der Waals surface area (Å²) in [6, 6.07) is 4.38. The molecule has 4 amide bonds. The molecule has 0 saturated heterocycles. The summed E-state index contributed by atoms with van der Waals surface area (Å²) in [4.78, 5) is 48.3. The average molecular weight is 475 g/mol. The third-order valence-electron chi connectivity index (χ3n) is 3.78. The smallest absolute Gasteiger partial charge is 0.407 e. The maximum Gasteiger partial charge on any atom is 0.407 e. The van der Waals surface area contributed by atoms with Crippen LogP contribution in [0, 0.1) is 12.3 Å². The first-order valence-electron chi connectivity index (χ1n) is 10.8. The number of carbonyl (C=O) groups is 4. The zero-order chi connectivity index (χ0) is 25.9. The number of benzene rings is 1. The van der Waals surface area contributed by atoms with Crippen LogP contribution >= 0.6 is 0 Å². The van der Waals surface area contributed by atoms with Crippen LogP contribution in [-0.2, 0) is 9.47 Å². The van der Waals surface area contributed by atoms with Gasteiger partial charge in [-0.1, -0.05) is 5.92 Å². The van der Waals surface area contributed by atoms with Crippen LogP contribution in [-0.4, -0.2) is 61.4 Å². The summed E-state index contributed by atoms with van der Waals surface area (Å²) in [5.41, 5.74) is -0.483. The van der Waals surface area contributed by atoms with E-state index in [9.17, 15) is 19.2 Å². The molecule has 0 atom stereocenters. The number of terminal acetylenes is 1. The average Bonchev–Trinajstić information content (AvgIpc) is 2.71. The van der Waals surface area contributed by atoms with Gasteiger partial charge in [0.1, 0.15) is 11.2 Å². The van der Waals surface area contributed by atoms with Crippen LogP contribution < -0.4 is 21.3 Å². The number of carbonyl (C=O) groups excluding carboxylic acids is 4. The van der Waals surface area contributed by atoms with Crippen molar-refractivity contribution in [1.82, 2.24) is 21.3 Å². The predicted molar refractivity (Wildman–Crippen MR) is 128 cm³/mol. The maximum atomic E-state index is 12.5. The molecular weight excluding hydrogens is 440 g/mol. The quantitative estimate of drug-likeness (QED) is 0.337. The van der Waals surface area contributed by atoms with Crippen molar-refractivity contribution in [3.63, 3.8) is 0 Å². The Balaban J connectivity index is 2.60. The third kappa shape index (κ3) is 11.8. The Hall–Kier alpha value is -3.74. The molecule has 0 aliphatic rings. The number of rotatable bonds is 8. The summed E-state index contributed by atoms with van der Waals surface area (Å²) in [5, 5.41) is 10.4. The Morgan fingerprint density at radius 2 is 1.06 bits per heavy atom. The number of alkyl carbamates (subject to hydrolysis) is 2. The van der Waals surface area contributed by atoms with E-state index in [-0.39, 0.29) is 37.3 Å². The zero-order valence-corrected chi connectivity index (χ0v) is 20.6. The molecule has 0 heterocycles. The summed E-state index contributed by atoms with van der Waals surface area (Å²) in [5.74, 6) is 1.51. The van der Waals surface area contributed by atoms with Crippen molar-refractivity contribution in [3.8, 4) is 12.3 Å². The van der Waals surface area contributed by atoms with Gasteiger partial charge in [0.05, 0.1) is 0 Å². The summed E-state index contributed by atoms with van der Waals surface area (Å²) < 4.78 is 10.2. The summed E-state index contributed by atoms with van der Waals surface area (Å²) in [6.07, 6.45) is 4.29. The minimum Gasteiger partial charge on any atom is -0.444 e. The van der Waals surface area contributed by atoms with E-state index in [1.165, 1.54) is 18.2 Å². The molecule has 0 aromatic heterocycles. The number of amides is 4. The van der Waals surface area contributed by atoms with Gasteiger partial charge >= 0.3 is 12.2 Å². The van der Waals surface area contributed by atoms with Crippen LogP contribution in [0.5, 0.6) is 0 Å². The molecule has 0 unspecified atom stereocenters. The van der Waals surface area contributed by atoms with Crippen molar-refractivity contribution in [2.45, 2.75) is 52.7 Å². The van der Waals surface area contributed by atoms with E-state index < -0.39 is 35.2 Å². The number of hydrogen-bond acceptors (Lipinski definition) is 6. The van der Waals surface area contributed by atoms with Gasteiger partial charge in [-0.3, -0.25) is 9.59 Å². The van der Waals surface area contributed by atoms with Crippen molar-refractivity contribution in [1.29, 1.82) is 0 Å². The predicted octanol–water partition coefficient (Wildman–Crippen LogP) is 2.18. The molecule has 186 valence electrons. The van der Waals surface area contributed by atoms with Gasteiger partial charge in [0.2, 0.25) is 0 Å². The lowest BCUT2D eigenvalue weighted by Gasteiger charge is -2.19. The van der Waals surface area contributed by atoms with E-state index in [2.05, 4.69) is 27.2 Å². The fourth-order valence-electron chi connectivity index (χ4n) is 2.49. The van der Waals surface area contributed by atoms with Crippen LogP contribution in [0.25, 0.3) is 0 Å². The van der Waals surface area contributed by atoms with Crippen LogP contribution in [0.3, 0.4) is 0 Å². The van der Waals surface area contributed by atoms with E-state index in [0.29, 0.717) is 5.56 Å². The molecule has 0 spiro atoms. The molecule has 34 heavy (non-hydrogen) atoms. The molecule has 0 aliphatic heterocycles. The van der Waals surface area contributed by atoms with Crippen LogP contribution in [0.4, 0.5) is 9.59 Å². The molecule has 4 N–H and O–H groups in total. The second-order valence-electron chi connectivity index (χ2n) is 9.31. The van der Waals surface area contributed by atoms with Gasteiger partial charge in [0.25, 0.3) is 11.8 Å². The molecule has 0 aliphatic carbocycles. The Labute approximate surface area is 200 Å². The van der Waals surface area contributed by atoms with Crippen LogP contribution in [0.1, 0.15) is 67.8 Å². The Bertz CT molecular complexity index is 872. The number of ether oxygens (including phenoxy) is 2. The summed E-state index contributed by atoms with van der Waals surface area (Å²) >= 11 is 0. The SMILES string of the molecule is C#Cc1cc(C(=O)NCCNC(=O)OC(C)(C)C)cc(C(=O)NCCNC(=O)OC(C)(C)C)c1. The van der Waals surface area contributed by atoms with E-state index >= 15 is 0 Å². The van der Waals surface area contributed by atoms with Gasteiger partial charge in [-0.15, -0.1) is 6.42 Å². The number of hydrogen-bond donors (Lipinski definition) is 4. The normalized spacial score (nSPS) is 11.0. The van der Waals surface area contributed by atoms with E-state index in [4.69, 9.17) is 15.9 Å². The monoisotopic (exact) mass is 474 g/mol. The maximum absolute atomic E-state index is 12.5. The molecule has 1 aromatic rings. The highest BCUT2D eigenvalue weighted by Crippen LogP contribution is 2.11. The van der Waals surface area contributed by atoms with Gasteiger partial charge in [0, 0.05) is 42.9 Å². The highest BCUT2D eigenvalue weighted by Gasteiger charge is 2.17. The standard InChI is InChI=1S/C24H34N4O6/c1-8-16-13-17(19(29)25-9-11-27-21(31)33-23(2,3)4)15-18(14-16)20(30)26-10-12-28-22(32)34-24(5,6)7/h1,13-15H,9-12H2,2-7H3,(H,25,29)(H,26,30)(H,27,31)(H,28,32). The van der Waals surface area contributed by atoms with Gasteiger partial charge in [0.15, 0.2) is 0 Å². The topological polar surface area (TPSA) is 135 Å². The fraction of sp³-hybridized carbons (Fsp3) is 0.500. The molecule has 10 heteroatoms. The second-order valence-corrected chi connectivity index (χ2v) is 9.31. The van der Waals surface area contributed by atoms with Crippen LogP contribution in [0.2, 0.25) is 0 Å². The molecular formula is C24H34N4O6. The molecule has 0 radical (unpaired) electrons. The second kappa shape index (κ2) is 12.5. The Morgan fingerprint density at radius 3 is 1.38 bits per heavy atom. The largest absolute Gasteiger partial charge is 0.444 e. The molecule has 0 bridgehead atoms.